The van der Waals surface area contributed by atoms with E-state index in [0.717, 1.165) is 18.4 Å². The van der Waals surface area contributed by atoms with Crippen LogP contribution in [0.2, 0.25) is 0 Å². The SMILES string of the molecule is COC[C@@H]1CC[C@@H](COC)N1C(=O)[C@H]1OCC=C1C. The van der Waals surface area contributed by atoms with Crippen LogP contribution in [-0.2, 0) is 19.0 Å². The van der Waals surface area contributed by atoms with Crippen LogP contribution < -0.4 is 0 Å². The Hall–Kier alpha value is -0.910. The Bertz CT molecular complexity index is 341. The van der Waals surface area contributed by atoms with Crippen molar-refractivity contribution in [3.8, 4) is 0 Å². The Kier molecular flexibility index (Phi) is 4.96. The van der Waals surface area contributed by atoms with E-state index in [4.69, 9.17) is 14.2 Å². The van der Waals surface area contributed by atoms with Crippen LogP contribution in [0, 0.1) is 0 Å². The molecule has 3 atom stereocenters. The van der Waals surface area contributed by atoms with Crippen LogP contribution in [0.3, 0.4) is 0 Å². The molecule has 19 heavy (non-hydrogen) atoms. The van der Waals surface area contributed by atoms with Gasteiger partial charge in [0.25, 0.3) is 5.91 Å². The van der Waals surface area contributed by atoms with Gasteiger partial charge >= 0.3 is 0 Å². The Morgan fingerprint density at radius 3 is 2.32 bits per heavy atom. The van der Waals surface area contributed by atoms with Crippen molar-refractivity contribution < 1.29 is 19.0 Å². The number of carbonyl (C=O) groups is 1. The summed E-state index contributed by atoms with van der Waals surface area (Å²) in [7, 11) is 3.34. The summed E-state index contributed by atoms with van der Waals surface area (Å²) in [5.74, 6) is 0.0489. The molecule has 1 saturated heterocycles. The third-order valence-electron chi connectivity index (χ3n) is 3.90. The quantitative estimate of drug-likeness (QED) is 0.698. The zero-order chi connectivity index (χ0) is 13.8. The number of rotatable bonds is 5. The van der Waals surface area contributed by atoms with Crippen molar-refractivity contribution in [2.75, 3.05) is 34.0 Å². The third-order valence-corrected chi connectivity index (χ3v) is 3.90. The molecule has 2 aliphatic heterocycles. The number of amides is 1. The highest BCUT2D eigenvalue weighted by atomic mass is 16.5. The predicted octanol–water partition coefficient (Wildman–Crippen LogP) is 0.984. The second kappa shape index (κ2) is 6.50. The summed E-state index contributed by atoms with van der Waals surface area (Å²) in [5.41, 5.74) is 1.00. The van der Waals surface area contributed by atoms with Crippen LogP contribution in [0.15, 0.2) is 11.6 Å². The van der Waals surface area contributed by atoms with Crippen molar-refractivity contribution in [3.63, 3.8) is 0 Å². The molecule has 2 rings (SSSR count). The highest BCUT2D eigenvalue weighted by Gasteiger charge is 2.41. The van der Waals surface area contributed by atoms with Gasteiger partial charge in [-0.05, 0) is 25.3 Å². The van der Waals surface area contributed by atoms with Gasteiger partial charge < -0.3 is 19.1 Å². The van der Waals surface area contributed by atoms with Gasteiger partial charge in [-0.2, -0.15) is 0 Å². The lowest BCUT2D eigenvalue weighted by Crippen LogP contribution is -2.49. The maximum absolute atomic E-state index is 12.7. The smallest absolute Gasteiger partial charge is 0.256 e. The fourth-order valence-electron chi connectivity index (χ4n) is 2.95. The Morgan fingerprint density at radius 2 is 1.89 bits per heavy atom. The molecule has 0 N–H and O–H groups in total. The zero-order valence-corrected chi connectivity index (χ0v) is 11.9. The first-order valence-electron chi connectivity index (χ1n) is 6.77. The molecule has 0 aromatic rings. The lowest BCUT2D eigenvalue weighted by atomic mass is 10.1. The molecule has 2 aliphatic rings. The van der Waals surface area contributed by atoms with Gasteiger partial charge in [-0.1, -0.05) is 6.08 Å². The minimum Gasteiger partial charge on any atom is -0.383 e. The van der Waals surface area contributed by atoms with Crippen LogP contribution in [0.4, 0.5) is 0 Å². The maximum Gasteiger partial charge on any atom is 0.256 e. The summed E-state index contributed by atoms with van der Waals surface area (Å²) >= 11 is 0. The summed E-state index contributed by atoms with van der Waals surface area (Å²) in [4.78, 5) is 14.6. The van der Waals surface area contributed by atoms with E-state index in [1.54, 1.807) is 14.2 Å². The molecule has 1 fully saturated rings. The van der Waals surface area contributed by atoms with Gasteiger partial charge in [0.2, 0.25) is 0 Å². The highest BCUT2D eigenvalue weighted by molar-refractivity contribution is 5.85. The van der Waals surface area contributed by atoms with Crippen LogP contribution in [0.25, 0.3) is 0 Å². The lowest BCUT2D eigenvalue weighted by Gasteiger charge is -2.32. The van der Waals surface area contributed by atoms with E-state index < -0.39 is 6.10 Å². The molecular weight excluding hydrogens is 246 g/mol. The third kappa shape index (κ3) is 2.99. The van der Waals surface area contributed by atoms with E-state index in [9.17, 15) is 4.79 Å². The second-order valence-electron chi connectivity index (χ2n) is 5.20. The topological polar surface area (TPSA) is 48.0 Å². The number of hydrogen-bond donors (Lipinski definition) is 0. The van der Waals surface area contributed by atoms with Crippen LogP contribution in [0.1, 0.15) is 19.8 Å². The first-order chi connectivity index (χ1) is 9.19. The molecule has 0 aliphatic carbocycles. The average Bonchev–Trinajstić information content (AvgIpc) is 2.97. The standard InChI is InChI=1S/C14H23NO4/c1-10-6-7-19-13(10)14(16)15-11(8-17-2)4-5-12(15)9-18-3/h6,11-13H,4-5,7-9H2,1-3H3/t11-,12-,13-/m0/s1. The fraction of sp³-hybridized carbons (Fsp3) is 0.786. The molecule has 5 nitrogen and oxygen atoms in total. The van der Waals surface area contributed by atoms with Crippen molar-refractivity contribution in [2.24, 2.45) is 0 Å². The van der Waals surface area contributed by atoms with Gasteiger partial charge in [-0.15, -0.1) is 0 Å². The molecule has 0 aromatic carbocycles. The lowest BCUT2D eigenvalue weighted by molar-refractivity contribution is -0.144. The molecule has 0 aromatic heterocycles. The molecule has 2 heterocycles. The van der Waals surface area contributed by atoms with Crippen molar-refractivity contribution in [2.45, 2.75) is 38.0 Å². The maximum atomic E-state index is 12.7. The van der Waals surface area contributed by atoms with Crippen LogP contribution >= 0.6 is 0 Å². The molecule has 0 bridgehead atoms. The average molecular weight is 269 g/mol. The van der Waals surface area contributed by atoms with Crippen LogP contribution in [-0.4, -0.2) is 63.0 Å². The summed E-state index contributed by atoms with van der Waals surface area (Å²) in [5, 5.41) is 0. The highest BCUT2D eigenvalue weighted by Crippen LogP contribution is 2.28. The minimum atomic E-state index is -0.420. The molecule has 0 spiro atoms. The van der Waals surface area contributed by atoms with E-state index in [0.29, 0.717) is 19.8 Å². The van der Waals surface area contributed by atoms with Gasteiger partial charge in [0.15, 0.2) is 6.10 Å². The predicted molar refractivity (Wildman–Crippen MR) is 70.9 cm³/mol. The first kappa shape index (κ1) is 14.5. The minimum absolute atomic E-state index is 0.0489. The van der Waals surface area contributed by atoms with Crippen molar-refractivity contribution in [1.29, 1.82) is 0 Å². The van der Waals surface area contributed by atoms with Gasteiger partial charge in [0, 0.05) is 14.2 Å². The van der Waals surface area contributed by atoms with E-state index in [1.807, 2.05) is 17.9 Å². The van der Waals surface area contributed by atoms with E-state index >= 15 is 0 Å². The first-order valence-corrected chi connectivity index (χ1v) is 6.77. The number of likely N-dealkylation sites (tertiary alicyclic amines) is 1. The molecule has 1 amide bonds. The van der Waals surface area contributed by atoms with E-state index in [2.05, 4.69) is 0 Å². The van der Waals surface area contributed by atoms with Crippen LogP contribution in [0.5, 0.6) is 0 Å². The Morgan fingerprint density at radius 1 is 1.32 bits per heavy atom. The Labute approximate surface area is 114 Å². The Balaban J connectivity index is 2.11. The monoisotopic (exact) mass is 269 g/mol. The van der Waals surface area contributed by atoms with Crippen molar-refractivity contribution >= 4 is 5.91 Å². The fourth-order valence-corrected chi connectivity index (χ4v) is 2.95. The molecule has 0 radical (unpaired) electrons. The largest absolute Gasteiger partial charge is 0.383 e. The molecule has 0 unspecified atom stereocenters. The van der Waals surface area contributed by atoms with E-state index in [-0.39, 0.29) is 18.0 Å². The van der Waals surface area contributed by atoms with Gasteiger partial charge in [0.1, 0.15) is 0 Å². The number of nitrogens with zero attached hydrogens (tertiary/aromatic N) is 1. The van der Waals surface area contributed by atoms with Gasteiger partial charge in [0.05, 0.1) is 31.9 Å². The van der Waals surface area contributed by atoms with Gasteiger partial charge in [-0.3, -0.25) is 4.79 Å². The number of carbonyl (C=O) groups excluding carboxylic acids is 1. The number of methoxy groups -OCH3 is 2. The summed E-state index contributed by atoms with van der Waals surface area (Å²) in [6, 6.07) is 0.268. The zero-order valence-electron chi connectivity index (χ0n) is 11.9. The summed E-state index contributed by atoms with van der Waals surface area (Å²) in [6.07, 6.45) is 3.47. The van der Waals surface area contributed by atoms with Crippen molar-refractivity contribution in [1.82, 2.24) is 4.90 Å². The second-order valence-corrected chi connectivity index (χ2v) is 5.20. The van der Waals surface area contributed by atoms with Gasteiger partial charge in [-0.25, -0.2) is 0 Å². The molecular formula is C14H23NO4. The molecule has 5 heteroatoms. The number of ether oxygens (including phenoxy) is 3. The van der Waals surface area contributed by atoms with E-state index in [1.165, 1.54) is 0 Å². The normalized spacial score (nSPS) is 30.8. The summed E-state index contributed by atoms with van der Waals surface area (Å²) in [6.45, 7) is 3.62. The number of hydrogen-bond acceptors (Lipinski definition) is 4. The van der Waals surface area contributed by atoms with Crippen molar-refractivity contribution in [3.05, 3.63) is 11.6 Å². The summed E-state index contributed by atoms with van der Waals surface area (Å²) < 4.78 is 16.0. The molecule has 108 valence electrons. The molecule has 0 saturated carbocycles.